The van der Waals surface area contributed by atoms with Crippen LogP contribution in [-0.2, 0) is 6.54 Å². The monoisotopic (exact) mass is 473 g/mol. The van der Waals surface area contributed by atoms with Gasteiger partial charge in [0.25, 0.3) is 17.2 Å². The van der Waals surface area contributed by atoms with Crippen molar-refractivity contribution in [2.45, 2.75) is 39.3 Å². The SMILES string of the molecule is CCC(c1nc2onc(C)c2c(=O)n1Cc1ccccc1)N(CCC#N)C(=O)c1cccc(F)c1. The number of nitrogens with zero attached hydrogens (tertiary/aromatic N) is 5. The first-order valence-electron chi connectivity index (χ1n) is 11.3. The van der Waals surface area contributed by atoms with Crippen LogP contribution in [0.2, 0.25) is 0 Å². The fourth-order valence-corrected chi connectivity index (χ4v) is 4.16. The Morgan fingerprint density at radius 2 is 2.00 bits per heavy atom. The molecule has 0 N–H and O–H groups in total. The summed E-state index contributed by atoms with van der Waals surface area (Å²) in [5.41, 5.74) is 1.21. The van der Waals surface area contributed by atoms with Crippen LogP contribution in [0.15, 0.2) is 63.9 Å². The van der Waals surface area contributed by atoms with Gasteiger partial charge in [-0.2, -0.15) is 10.2 Å². The van der Waals surface area contributed by atoms with Crippen LogP contribution in [0.25, 0.3) is 11.1 Å². The quantitative estimate of drug-likeness (QED) is 0.376. The molecule has 178 valence electrons. The van der Waals surface area contributed by atoms with Gasteiger partial charge in [-0.1, -0.05) is 48.5 Å². The minimum atomic E-state index is -0.676. The van der Waals surface area contributed by atoms with Gasteiger partial charge in [-0.05, 0) is 37.1 Å². The maximum absolute atomic E-state index is 13.9. The molecule has 0 radical (unpaired) electrons. The largest absolute Gasteiger partial charge is 0.335 e. The molecule has 0 bridgehead atoms. The summed E-state index contributed by atoms with van der Waals surface area (Å²) in [4.78, 5) is 33.2. The lowest BCUT2D eigenvalue weighted by Crippen LogP contribution is -2.39. The number of rotatable bonds is 8. The third kappa shape index (κ3) is 4.82. The Morgan fingerprint density at radius 1 is 1.23 bits per heavy atom. The van der Waals surface area contributed by atoms with E-state index in [-0.39, 0.29) is 41.7 Å². The molecule has 4 rings (SSSR count). The molecule has 35 heavy (non-hydrogen) atoms. The number of benzene rings is 2. The minimum Gasteiger partial charge on any atom is -0.335 e. The van der Waals surface area contributed by atoms with Gasteiger partial charge in [-0.3, -0.25) is 14.2 Å². The number of hydrogen-bond donors (Lipinski definition) is 0. The molecule has 1 atom stereocenters. The molecule has 4 aromatic rings. The number of fused-ring (bicyclic) bond motifs is 1. The third-order valence-electron chi connectivity index (χ3n) is 5.84. The normalized spacial score (nSPS) is 11.8. The molecule has 0 spiro atoms. The Morgan fingerprint density at radius 3 is 2.69 bits per heavy atom. The molecule has 0 fully saturated rings. The fourth-order valence-electron chi connectivity index (χ4n) is 4.16. The second-order valence-electron chi connectivity index (χ2n) is 8.14. The van der Waals surface area contributed by atoms with Gasteiger partial charge in [-0.15, -0.1) is 0 Å². The first kappa shape index (κ1) is 23.8. The lowest BCUT2D eigenvalue weighted by atomic mass is 10.1. The smallest absolute Gasteiger partial charge is 0.267 e. The maximum Gasteiger partial charge on any atom is 0.267 e. The first-order chi connectivity index (χ1) is 16.9. The number of aryl methyl sites for hydroxylation is 1. The van der Waals surface area contributed by atoms with E-state index in [0.29, 0.717) is 17.9 Å². The summed E-state index contributed by atoms with van der Waals surface area (Å²) in [6.07, 6.45) is 0.455. The van der Waals surface area contributed by atoms with Gasteiger partial charge in [0, 0.05) is 12.1 Å². The summed E-state index contributed by atoms with van der Waals surface area (Å²) >= 11 is 0. The number of halogens is 1. The molecule has 2 aromatic carbocycles. The molecule has 1 amide bonds. The molecule has 9 heteroatoms. The second-order valence-corrected chi connectivity index (χ2v) is 8.14. The van der Waals surface area contributed by atoms with E-state index >= 15 is 0 Å². The number of carbonyl (C=O) groups is 1. The molecule has 0 saturated heterocycles. The number of amides is 1. The van der Waals surface area contributed by atoms with Crippen LogP contribution in [0, 0.1) is 24.1 Å². The third-order valence-corrected chi connectivity index (χ3v) is 5.84. The van der Waals surface area contributed by atoms with Gasteiger partial charge in [-0.25, -0.2) is 4.39 Å². The number of aromatic nitrogens is 3. The Bertz CT molecular complexity index is 1460. The molecular weight excluding hydrogens is 449 g/mol. The van der Waals surface area contributed by atoms with E-state index in [9.17, 15) is 19.2 Å². The van der Waals surface area contributed by atoms with Crippen molar-refractivity contribution in [2.75, 3.05) is 6.54 Å². The molecule has 0 saturated carbocycles. The highest BCUT2D eigenvalue weighted by Crippen LogP contribution is 2.27. The van der Waals surface area contributed by atoms with Gasteiger partial charge in [0.2, 0.25) is 0 Å². The number of nitriles is 1. The van der Waals surface area contributed by atoms with E-state index in [2.05, 4.69) is 16.2 Å². The highest BCUT2D eigenvalue weighted by Gasteiger charge is 2.30. The number of hydrogen-bond acceptors (Lipinski definition) is 6. The van der Waals surface area contributed by atoms with E-state index in [1.807, 2.05) is 37.3 Å². The molecule has 0 aliphatic heterocycles. The van der Waals surface area contributed by atoms with Crippen LogP contribution < -0.4 is 5.56 Å². The standard InChI is InChI=1S/C26H24FN5O3/c1-3-21(31(14-8-13-28)25(33)19-11-7-12-20(27)15-19)23-29-24-22(17(2)30-35-24)26(34)32(23)16-18-9-5-4-6-10-18/h4-7,9-12,15,21H,3,8,14,16H2,1-2H3. The van der Waals surface area contributed by atoms with Crippen molar-refractivity contribution in [3.05, 3.63) is 93.4 Å². The Kier molecular flexibility index (Phi) is 7.01. The summed E-state index contributed by atoms with van der Waals surface area (Å²) in [5, 5.41) is 13.4. The first-order valence-corrected chi connectivity index (χ1v) is 11.3. The van der Waals surface area contributed by atoms with Gasteiger partial charge in [0.15, 0.2) is 0 Å². The predicted octanol–water partition coefficient (Wildman–Crippen LogP) is 4.39. The van der Waals surface area contributed by atoms with E-state index in [4.69, 9.17) is 4.52 Å². The Labute approximate surface area is 201 Å². The molecule has 1 unspecified atom stereocenters. The Hall–Kier alpha value is -4.32. The zero-order chi connectivity index (χ0) is 24.9. The highest BCUT2D eigenvalue weighted by molar-refractivity contribution is 5.94. The molecule has 2 heterocycles. The zero-order valence-corrected chi connectivity index (χ0v) is 19.4. The van der Waals surface area contributed by atoms with Crippen molar-refractivity contribution in [1.82, 2.24) is 19.6 Å². The molecular formula is C26H24FN5O3. The van der Waals surface area contributed by atoms with Crippen LogP contribution in [0.1, 0.15) is 53.2 Å². The lowest BCUT2D eigenvalue weighted by molar-refractivity contribution is 0.0661. The summed E-state index contributed by atoms with van der Waals surface area (Å²) in [6, 6.07) is 16.2. The van der Waals surface area contributed by atoms with Crippen LogP contribution in [-0.4, -0.2) is 32.1 Å². The van der Waals surface area contributed by atoms with E-state index in [1.165, 1.54) is 27.7 Å². The van der Waals surface area contributed by atoms with Crippen molar-refractivity contribution < 1.29 is 13.7 Å². The van der Waals surface area contributed by atoms with Crippen LogP contribution >= 0.6 is 0 Å². The number of carbonyl (C=O) groups excluding carboxylic acids is 1. The Balaban J connectivity index is 1.89. The van der Waals surface area contributed by atoms with Gasteiger partial charge < -0.3 is 9.42 Å². The van der Waals surface area contributed by atoms with E-state index in [1.54, 1.807) is 6.92 Å². The van der Waals surface area contributed by atoms with E-state index in [0.717, 1.165) is 11.6 Å². The van der Waals surface area contributed by atoms with Crippen LogP contribution in [0.3, 0.4) is 0 Å². The van der Waals surface area contributed by atoms with Crippen molar-refractivity contribution in [3.8, 4) is 6.07 Å². The van der Waals surface area contributed by atoms with E-state index < -0.39 is 17.8 Å². The summed E-state index contributed by atoms with van der Waals surface area (Å²) in [6.45, 7) is 3.83. The van der Waals surface area contributed by atoms with Crippen molar-refractivity contribution in [2.24, 2.45) is 0 Å². The zero-order valence-electron chi connectivity index (χ0n) is 19.4. The summed E-state index contributed by atoms with van der Waals surface area (Å²) in [5.74, 6) is -0.685. The average Bonchev–Trinajstić information content (AvgIpc) is 3.24. The topological polar surface area (TPSA) is 105 Å². The van der Waals surface area contributed by atoms with Gasteiger partial charge >= 0.3 is 0 Å². The molecule has 0 aliphatic rings. The fraction of sp³-hybridized carbons (Fsp3) is 0.269. The molecule has 2 aromatic heterocycles. The van der Waals surface area contributed by atoms with Crippen molar-refractivity contribution >= 4 is 17.0 Å². The summed E-state index contributed by atoms with van der Waals surface area (Å²) in [7, 11) is 0. The lowest BCUT2D eigenvalue weighted by Gasteiger charge is -2.31. The van der Waals surface area contributed by atoms with Crippen LogP contribution in [0.4, 0.5) is 4.39 Å². The predicted molar refractivity (Wildman–Crippen MR) is 127 cm³/mol. The van der Waals surface area contributed by atoms with Crippen molar-refractivity contribution in [3.63, 3.8) is 0 Å². The van der Waals surface area contributed by atoms with Gasteiger partial charge in [0.05, 0.1) is 30.8 Å². The summed E-state index contributed by atoms with van der Waals surface area (Å²) < 4.78 is 20.7. The van der Waals surface area contributed by atoms with Crippen molar-refractivity contribution in [1.29, 1.82) is 5.26 Å². The minimum absolute atomic E-state index is 0.0597. The van der Waals surface area contributed by atoms with Crippen LogP contribution in [0.5, 0.6) is 0 Å². The van der Waals surface area contributed by atoms with Gasteiger partial charge in [0.1, 0.15) is 17.0 Å². The maximum atomic E-state index is 13.9. The highest BCUT2D eigenvalue weighted by atomic mass is 19.1. The average molecular weight is 474 g/mol. The molecule has 0 aliphatic carbocycles. The second kappa shape index (κ2) is 10.3. The molecule has 8 nitrogen and oxygen atoms in total.